The maximum atomic E-state index is 13.6. The summed E-state index contributed by atoms with van der Waals surface area (Å²) in [6.07, 6.45) is 0. The molecule has 7 nitrogen and oxygen atoms in total. The predicted molar refractivity (Wildman–Crippen MR) is 125 cm³/mol. The highest BCUT2D eigenvalue weighted by Gasteiger charge is 2.23. The number of rotatable bonds is 5. The number of anilines is 2. The van der Waals surface area contributed by atoms with Gasteiger partial charge in [-0.25, -0.2) is 9.37 Å². The first kappa shape index (κ1) is 21.9. The van der Waals surface area contributed by atoms with Crippen LogP contribution in [0.4, 0.5) is 15.8 Å². The zero-order valence-corrected chi connectivity index (χ0v) is 18.0. The summed E-state index contributed by atoms with van der Waals surface area (Å²) < 4.78 is 14.6. The van der Waals surface area contributed by atoms with Gasteiger partial charge in [0, 0.05) is 18.2 Å². The van der Waals surface area contributed by atoms with Gasteiger partial charge in [-0.15, -0.1) is 0 Å². The summed E-state index contributed by atoms with van der Waals surface area (Å²) >= 11 is 0. The van der Waals surface area contributed by atoms with Gasteiger partial charge in [-0.1, -0.05) is 30.3 Å². The first-order valence-electron chi connectivity index (χ1n) is 10.3. The van der Waals surface area contributed by atoms with E-state index in [0.29, 0.717) is 28.0 Å². The van der Waals surface area contributed by atoms with Crippen molar-refractivity contribution in [2.24, 2.45) is 0 Å². The fourth-order valence-electron chi connectivity index (χ4n) is 3.60. The van der Waals surface area contributed by atoms with Crippen LogP contribution in [0.25, 0.3) is 22.3 Å². The molecular weight excluding hydrogens is 423 g/mol. The largest absolute Gasteiger partial charge is 0.326 e. The van der Waals surface area contributed by atoms with Crippen molar-refractivity contribution in [1.82, 2.24) is 9.55 Å². The number of hydrogen-bond acceptors (Lipinski definition) is 4. The van der Waals surface area contributed by atoms with Crippen molar-refractivity contribution < 1.29 is 14.0 Å². The highest BCUT2D eigenvalue weighted by molar-refractivity contribution is 5.96. The molecular formula is C25H21FN4O3. The standard InChI is InChI=1S/C25H21FN4O3/c1-15(24(32)28-18-13-11-17(26)12-14-18)30-22-10-6-5-9-21(22)29-23(25(30)33)19-7-3-4-8-20(19)27-16(2)31/h3-15H,1-2H3,(H,27,31)(H,28,32)/t15-/m1/s1. The van der Waals surface area contributed by atoms with Gasteiger partial charge in [-0.3, -0.25) is 19.0 Å². The highest BCUT2D eigenvalue weighted by atomic mass is 19.1. The van der Waals surface area contributed by atoms with Crippen molar-refractivity contribution >= 4 is 34.2 Å². The van der Waals surface area contributed by atoms with Crippen molar-refractivity contribution in [3.05, 3.63) is 89.0 Å². The molecule has 2 N–H and O–H groups in total. The molecule has 3 aromatic carbocycles. The molecule has 0 aliphatic carbocycles. The van der Waals surface area contributed by atoms with E-state index in [1.165, 1.54) is 35.8 Å². The van der Waals surface area contributed by atoms with Crippen LogP contribution in [0.5, 0.6) is 0 Å². The van der Waals surface area contributed by atoms with Crippen LogP contribution in [0.2, 0.25) is 0 Å². The average Bonchev–Trinajstić information content (AvgIpc) is 2.80. The number of hydrogen-bond donors (Lipinski definition) is 2. The minimum atomic E-state index is -0.901. The van der Waals surface area contributed by atoms with Crippen molar-refractivity contribution in [2.45, 2.75) is 19.9 Å². The molecule has 0 spiro atoms. The zero-order valence-electron chi connectivity index (χ0n) is 18.0. The number of amides is 2. The number of nitrogens with zero attached hydrogens (tertiary/aromatic N) is 2. The number of benzene rings is 3. The minimum absolute atomic E-state index is 0.111. The summed E-state index contributed by atoms with van der Waals surface area (Å²) in [4.78, 5) is 42.8. The van der Waals surface area contributed by atoms with Gasteiger partial charge in [-0.05, 0) is 49.4 Å². The fraction of sp³-hybridized carbons (Fsp3) is 0.120. The molecule has 33 heavy (non-hydrogen) atoms. The monoisotopic (exact) mass is 444 g/mol. The van der Waals surface area contributed by atoms with Crippen LogP contribution in [-0.4, -0.2) is 21.4 Å². The summed E-state index contributed by atoms with van der Waals surface area (Å²) in [5, 5.41) is 5.43. The molecule has 0 aliphatic rings. The Morgan fingerprint density at radius 1 is 0.939 bits per heavy atom. The number of carbonyl (C=O) groups excluding carboxylic acids is 2. The number of fused-ring (bicyclic) bond motifs is 1. The van der Waals surface area contributed by atoms with Gasteiger partial charge in [0.15, 0.2) is 0 Å². The predicted octanol–water partition coefficient (Wildman–Crippen LogP) is 4.36. The van der Waals surface area contributed by atoms with E-state index >= 15 is 0 Å². The van der Waals surface area contributed by atoms with Crippen molar-refractivity contribution in [2.75, 3.05) is 10.6 Å². The van der Waals surface area contributed by atoms with E-state index < -0.39 is 23.3 Å². The Hall–Kier alpha value is -4.33. The van der Waals surface area contributed by atoms with E-state index in [-0.39, 0.29) is 11.6 Å². The third kappa shape index (κ3) is 4.50. The topological polar surface area (TPSA) is 93.1 Å². The first-order valence-corrected chi connectivity index (χ1v) is 10.3. The summed E-state index contributed by atoms with van der Waals surface area (Å²) in [6.45, 7) is 2.99. The molecule has 0 aliphatic heterocycles. The van der Waals surface area contributed by atoms with Crippen LogP contribution >= 0.6 is 0 Å². The van der Waals surface area contributed by atoms with E-state index in [2.05, 4.69) is 15.6 Å². The smallest absolute Gasteiger partial charge is 0.278 e. The zero-order chi connectivity index (χ0) is 23.5. The van der Waals surface area contributed by atoms with Crippen LogP contribution in [0.3, 0.4) is 0 Å². The van der Waals surface area contributed by atoms with Crippen molar-refractivity contribution in [3.8, 4) is 11.3 Å². The Labute approximate surface area is 188 Å². The number of aromatic nitrogens is 2. The normalized spacial score (nSPS) is 11.7. The molecule has 4 rings (SSSR count). The van der Waals surface area contributed by atoms with Gasteiger partial charge in [0.2, 0.25) is 11.8 Å². The lowest BCUT2D eigenvalue weighted by atomic mass is 10.1. The number of halogens is 1. The summed E-state index contributed by atoms with van der Waals surface area (Å²) in [7, 11) is 0. The second-order valence-corrected chi connectivity index (χ2v) is 7.52. The molecule has 0 saturated heterocycles. The Morgan fingerprint density at radius 2 is 1.61 bits per heavy atom. The molecule has 0 saturated carbocycles. The molecule has 1 atom stereocenters. The maximum absolute atomic E-state index is 13.6. The van der Waals surface area contributed by atoms with Crippen LogP contribution in [0.15, 0.2) is 77.6 Å². The second-order valence-electron chi connectivity index (χ2n) is 7.52. The minimum Gasteiger partial charge on any atom is -0.326 e. The quantitative estimate of drug-likeness (QED) is 0.478. The molecule has 2 amide bonds. The van der Waals surface area contributed by atoms with Gasteiger partial charge in [0.1, 0.15) is 17.6 Å². The van der Waals surface area contributed by atoms with Gasteiger partial charge in [0.05, 0.1) is 16.7 Å². The van der Waals surface area contributed by atoms with E-state index in [1.807, 2.05) is 0 Å². The molecule has 8 heteroatoms. The van der Waals surface area contributed by atoms with Crippen LogP contribution < -0.4 is 16.2 Å². The molecule has 1 heterocycles. The molecule has 0 radical (unpaired) electrons. The second kappa shape index (κ2) is 9.04. The Bertz CT molecular complexity index is 1410. The lowest BCUT2D eigenvalue weighted by Crippen LogP contribution is -2.33. The van der Waals surface area contributed by atoms with Gasteiger partial charge in [-0.2, -0.15) is 0 Å². The Balaban J connectivity index is 1.84. The molecule has 4 aromatic rings. The van der Waals surface area contributed by atoms with Crippen LogP contribution in [0.1, 0.15) is 19.9 Å². The number of para-hydroxylation sites is 3. The average molecular weight is 444 g/mol. The van der Waals surface area contributed by atoms with Crippen molar-refractivity contribution in [3.63, 3.8) is 0 Å². The molecule has 0 fully saturated rings. The van der Waals surface area contributed by atoms with Gasteiger partial charge >= 0.3 is 0 Å². The van der Waals surface area contributed by atoms with E-state index in [0.717, 1.165) is 0 Å². The fourth-order valence-corrected chi connectivity index (χ4v) is 3.60. The summed E-state index contributed by atoms with van der Waals surface area (Å²) in [5.74, 6) is -1.14. The van der Waals surface area contributed by atoms with Crippen LogP contribution in [-0.2, 0) is 9.59 Å². The van der Waals surface area contributed by atoms with E-state index in [9.17, 15) is 18.8 Å². The van der Waals surface area contributed by atoms with Gasteiger partial charge < -0.3 is 10.6 Å². The third-order valence-corrected chi connectivity index (χ3v) is 5.17. The van der Waals surface area contributed by atoms with Gasteiger partial charge in [0.25, 0.3) is 5.56 Å². The lowest BCUT2D eigenvalue weighted by molar-refractivity contribution is -0.118. The number of carbonyl (C=O) groups is 2. The van der Waals surface area contributed by atoms with Crippen molar-refractivity contribution in [1.29, 1.82) is 0 Å². The SMILES string of the molecule is CC(=O)Nc1ccccc1-c1nc2ccccc2n([C@H](C)C(=O)Nc2ccc(F)cc2)c1=O. The molecule has 0 unspecified atom stereocenters. The number of nitrogens with one attached hydrogen (secondary N) is 2. The Kier molecular flexibility index (Phi) is 5.99. The molecule has 0 bridgehead atoms. The molecule has 1 aromatic heterocycles. The van der Waals surface area contributed by atoms with E-state index in [4.69, 9.17) is 0 Å². The van der Waals surface area contributed by atoms with Crippen LogP contribution in [0, 0.1) is 5.82 Å². The Morgan fingerprint density at radius 3 is 2.33 bits per heavy atom. The highest BCUT2D eigenvalue weighted by Crippen LogP contribution is 2.27. The third-order valence-electron chi connectivity index (χ3n) is 5.17. The molecule has 166 valence electrons. The first-order chi connectivity index (χ1) is 15.8. The summed E-state index contributed by atoms with van der Waals surface area (Å²) in [6, 6.07) is 18.4. The van der Waals surface area contributed by atoms with E-state index in [1.54, 1.807) is 55.5 Å². The lowest BCUT2D eigenvalue weighted by Gasteiger charge is -2.19. The maximum Gasteiger partial charge on any atom is 0.278 e. The summed E-state index contributed by atoms with van der Waals surface area (Å²) in [5.41, 5.74) is 1.95.